The van der Waals surface area contributed by atoms with Gasteiger partial charge in [0, 0.05) is 0 Å². The normalized spacial score (nSPS) is 23.5. The summed E-state index contributed by atoms with van der Waals surface area (Å²) in [4.78, 5) is 0. The van der Waals surface area contributed by atoms with Crippen LogP contribution in [0.5, 0.6) is 0 Å². The van der Waals surface area contributed by atoms with Crippen LogP contribution in [0, 0.1) is 5.82 Å². The fourth-order valence-electron chi connectivity index (χ4n) is 4.66. The summed E-state index contributed by atoms with van der Waals surface area (Å²) in [6.45, 7) is 4.93. The van der Waals surface area contributed by atoms with Crippen molar-refractivity contribution in [1.29, 1.82) is 0 Å². The molecule has 0 saturated carbocycles. The van der Waals surface area contributed by atoms with Crippen molar-refractivity contribution in [2.75, 3.05) is 6.61 Å². The quantitative estimate of drug-likeness (QED) is 0.667. The van der Waals surface area contributed by atoms with E-state index in [4.69, 9.17) is 9.47 Å². The molecule has 2 aromatic rings. The molecule has 0 bridgehead atoms. The molecule has 0 unspecified atom stereocenters. The first-order valence-electron chi connectivity index (χ1n) is 10.3. The van der Waals surface area contributed by atoms with E-state index in [0.29, 0.717) is 12.5 Å². The van der Waals surface area contributed by atoms with Crippen molar-refractivity contribution in [3.63, 3.8) is 0 Å². The van der Waals surface area contributed by atoms with Gasteiger partial charge in [-0.3, -0.25) is 0 Å². The Morgan fingerprint density at radius 2 is 1.81 bits per heavy atom. The van der Waals surface area contributed by atoms with Gasteiger partial charge in [-0.1, -0.05) is 44.2 Å². The van der Waals surface area contributed by atoms with Gasteiger partial charge in [-0.2, -0.15) is 0 Å². The molecule has 2 aliphatic rings. The second kappa shape index (κ2) is 7.73. The van der Waals surface area contributed by atoms with E-state index in [-0.39, 0.29) is 17.7 Å². The molecule has 0 N–H and O–H groups in total. The molecule has 2 nitrogen and oxygen atoms in total. The highest BCUT2D eigenvalue weighted by Crippen LogP contribution is 2.37. The second-order valence-electron chi connectivity index (χ2n) is 7.94. The summed E-state index contributed by atoms with van der Waals surface area (Å²) in [6.07, 6.45) is 5.73. The van der Waals surface area contributed by atoms with Crippen molar-refractivity contribution >= 4 is 0 Å². The van der Waals surface area contributed by atoms with Crippen LogP contribution in [0.15, 0.2) is 42.5 Å². The highest BCUT2D eigenvalue weighted by atomic mass is 19.1. The Morgan fingerprint density at radius 1 is 1.00 bits per heavy atom. The molecule has 0 radical (unpaired) electrons. The van der Waals surface area contributed by atoms with Crippen LogP contribution in [0.2, 0.25) is 0 Å². The predicted octanol–water partition coefficient (Wildman–Crippen LogP) is 5.77. The van der Waals surface area contributed by atoms with Crippen LogP contribution in [-0.4, -0.2) is 18.5 Å². The third kappa shape index (κ3) is 3.81. The molecule has 1 saturated heterocycles. The Hall–Kier alpha value is -1.71. The van der Waals surface area contributed by atoms with Gasteiger partial charge in [0.1, 0.15) is 5.82 Å². The summed E-state index contributed by atoms with van der Waals surface area (Å²) < 4.78 is 26.1. The maximum Gasteiger partial charge on any atom is 0.168 e. The van der Waals surface area contributed by atoms with Gasteiger partial charge in [-0.05, 0) is 78.8 Å². The molecule has 4 rings (SSSR count). The van der Waals surface area contributed by atoms with E-state index in [1.54, 1.807) is 12.1 Å². The molecular weight excluding hydrogens is 339 g/mol. The smallest absolute Gasteiger partial charge is 0.168 e. The van der Waals surface area contributed by atoms with Crippen LogP contribution in [0.1, 0.15) is 67.7 Å². The van der Waals surface area contributed by atoms with E-state index >= 15 is 0 Å². The Morgan fingerprint density at radius 3 is 2.59 bits per heavy atom. The van der Waals surface area contributed by atoms with Crippen LogP contribution in [0.3, 0.4) is 0 Å². The number of hydrogen-bond donors (Lipinski definition) is 0. The first kappa shape index (κ1) is 18.6. The van der Waals surface area contributed by atoms with Gasteiger partial charge in [-0.25, -0.2) is 4.39 Å². The predicted molar refractivity (Wildman–Crippen MR) is 105 cm³/mol. The fraction of sp³-hybridized carbons (Fsp3) is 0.500. The number of rotatable bonds is 5. The average molecular weight is 368 g/mol. The lowest BCUT2D eigenvalue weighted by Crippen LogP contribution is -2.29. The standard InChI is InChI=1S/C24H29FO2/c1-3-24(4-2)26-16-22(27-24)12-10-19-14-20-15-21(25)11-9-17(20)13-18-7-5-6-8-23(18)19/h5-9,11,15,19,22H,3-4,10,12-14,16H2,1-2H3/t19-,22-/m0/s1. The van der Waals surface area contributed by atoms with Crippen LogP contribution < -0.4 is 0 Å². The van der Waals surface area contributed by atoms with Gasteiger partial charge in [-0.15, -0.1) is 0 Å². The Balaban J connectivity index is 1.53. The minimum absolute atomic E-state index is 0.137. The van der Waals surface area contributed by atoms with E-state index in [2.05, 4.69) is 38.1 Å². The lowest BCUT2D eigenvalue weighted by Gasteiger charge is -2.25. The van der Waals surface area contributed by atoms with Gasteiger partial charge >= 0.3 is 0 Å². The third-order valence-electron chi connectivity index (χ3n) is 6.34. The van der Waals surface area contributed by atoms with E-state index in [1.807, 2.05) is 6.07 Å². The molecule has 0 aromatic heterocycles. The molecule has 0 amide bonds. The molecule has 1 aliphatic heterocycles. The third-order valence-corrected chi connectivity index (χ3v) is 6.34. The zero-order valence-electron chi connectivity index (χ0n) is 16.3. The van der Waals surface area contributed by atoms with Gasteiger partial charge in [0.2, 0.25) is 0 Å². The van der Waals surface area contributed by atoms with Crippen molar-refractivity contribution in [1.82, 2.24) is 0 Å². The number of hydrogen-bond acceptors (Lipinski definition) is 2. The molecule has 27 heavy (non-hydrogen) atoms. The van der Waals surface area contributed by atoms with Crippen molar-refractivity contribution in [3.05, 3.63) is 70.5 Å². The molecule has 2 atom stereocenters. The summed E-state index contributed by atoms with van der Waals surface area (Å²) in [7, 11) is 0. The molecule has 1 fully saturated rings. The zero-order chi connectivity index (χ0) is 18.9. The average Bonchev–Trinajstić information content (AvgIpc) is 3.04. The lowest BCUT2D eigenvalue weighted by atomic mass is 9.87. The van der Waals surface area contributed by atoms with Crippen LogP contribution in [0.25, 0.3) is 0 Å². The van der Waals surface area contributed by atoms with E-state index in [9.17, 15) is 4.39 Å². The SMILES string of the molecule is CCC1(CC)OC[C@H](CC[C@H]2Cc3cc(F)ccc3Cc3ccccc32)O1. The van der Waals surface area contributed by atoms with E-state index < -0.39 is 0 Å². The largest absolute Gasteiger partial charge is 0.347 e. The van der Waals surface area contributed by atoms with Crippen molar-refractivity contribution in [3.8, 4) is 0 Å². The van der Waals surface area contributed by atoms with Crippen LogP contribution in [-0.2, 0) is 22.3 Å². The van der Waals surface area contributed by atoms with Gasteiger partial charge < -0.3 is 9.47 Å². The molecular formula is C24H29FO2. The van der Waals surface area contributed by atoms with Crippen molar-refractivity contribution < 1.29 is 13.9 Å². The molecule has 1 heterocycles. The molecule has 1 aliphatic carbocycles. The number of halogens is 1. The number of fused-ring (bicyclic) bond motifs is 2. The Labute approximate surface area is 161 Å². The maximum atomic E-state index is 13.8. The maximum absolute atomic E-state index is 13.8. The minimum Gasteiger partial charge on any atom is -0.347 e. The van der Waals surface area contributed by atoms with Gasteiger partial charge in [0.15, 0.2) is 5.79 Å². The summed E-state index contributed by atoms with van der Waals surface area (Å²) in [5.74, 6) is -0.130. The Bertz CT molecular complexity index is 797. The van der Waals surface area contributed by atoms with E-state index in [0.717, 1.165) is 44.1 Å². The topological polar surface area (TPSA) is 18.5 Å². The monoisotopic (exact) mass is 368 g/mol. The molecule has 3 heteroatoms. The van der Waals surface area contributed by atoms with Gasteiger partial charge in [0.25, 0.3) is 0 Å². The summed E-state index contributed by atoms with van der Waals surface area (Å²) >= 11 is 0. The molecule has 2 aromatic carbocycles. The first-order chi connectivity index (χ1) is 13.1. The van der Waals surface area contributed by atoms with Crippen LogP contribution in [0.4, 0.5) is 4.39 Å². The molecule has 144 valence electrons. The summed E-state index contributed by atoms with van der Waals surface area (Å²) in [6, 6.07) is 14.0. The summed E-state index contributed by atoms with van der Waals surface area (Å²) in [5, 5.41) is 0. The van der Waals surface area contributed by atoms with Crippen molar-refractivity contribution in [2.45, 2.75) is 70.2 Å². The second-order valence-corrected chi connectivity index (χ2v) is 7.94. The summed E-state index contributed by atoms with van der Waals surface area (Å²) in [5.41, 5.74) is 5.18. The van der Waals surface area contributed by atoms with Crippen molar-refractivity contribution in [2.24, 2.45) is 0 Å². The lowest BCUT2D eigenvalue weighted by molar-refractivity contribution is -0.172. The van der Waals surface area contributed by atoms with Gasteiger partial charge in [0.05, 0.1) is 12.7 Å². The fourth-order valence-corrected chi connectivity index (χ4v) is 4.66. The minimum atomic E-state index is -0.387. The van der Waals surface area contributed by atoms with E-state index in [1.165, 1.54) is 16.7 Å². The molecule has 0 spiro atoms. The first-order valence-corrected chi connectivity index (χ1v) is 10.3. The van der Waals surface area contributed by atoms with Crippen LogP contribution >= 0.6 is 0 Å². The Kier molecular flexibility index (Phi) is 5.34. The number of benzene rings is 2. The highest BCUT2D eigenvalue weighted by Gasteiger charge is 2.38. The number of ether oxygens (including phenoxy) is 2. The highest BCUT2D eigenvalue weighted by molar-refractivity contribution is 5.42. The zero-order valence-corrected chi connectivity index (χ0v) is 16.3.